The fourth-order valence-electron chi connectivity index (χ4n) is 14.1. The molecule has 412 valence electrons. The lowest BCUT2D eigenvalue weighted by atomic mass is 9.79. The van der Waals surface area contributed by atoms with E-state index in [0.717, 1.165) is 138 Å². The van der Waals surface area contributed by atoms with E-state index >= 15 is 9.59 Å². The number of carbonyl (C=O) groups is 1. The van der Waals surface area contributed by atoms with Gasteiger partial charge in [0.1, 0.15) is 0 Å². The van der Waals surface area contributed by atoms with Gasteiger partial charge in [-0.05, 0) is 195 Å². The van der Waals surface area contributed by atoms with Crippen molar-refractivity contribution in [2.45, 2.75) is 158 Å². The summed E-state index contributed by atoms with van der Waals surface area (Å²) >= 11 is 0. The van der Waals surface area contributed by atoms with Gasteiger partial charge in [0.05, 0.1) is 33.9 Å². The van der Waals surface area contributed by atoms with Crippen LogP contribution in [-0.4, -0.2) is 27.5 Å². The molecule has 9 aromatic rings. The Morgan fingerprint density at radius 1 is 0.500 bits per heavy atom. The molecule has 13 rings (SSSR count). The Morgan fingerprint density at radius 3 is 1.56 bits per heavy atom. The van der Waals surface area contributed by atoms with Crippen LogP contribution in [0.2, 0.25) is 0 Å². The molecule has 0 amide bonds. The summed E-state index contributed by atoms with van der Waals surface area (Å²) in [7, 11) is 0. The van der Waals surface area contributed by atoms with Crippen molar-refractivity contribution in [1.82, 2.24) is 9.97 Å². The number of rotatable bonds is 2. The van der Waals surface area contributed by atoms with Crippen molar-refractivity contribution in [3.8, 4) is 11.1 Å². The van der Waals surface area contributed by atoms with Crippen LogP contribution >= 0.6 is 0 Å². The van der Waals surface area contributed by atoms with Crippen LogP contribution in [0.5, 0.6) is 0 Å². The molecule has 5 heterocycles. The molecule has 6 nitrogen and oxygen atoms in total. The van der Waals surface area contributed by atoms with Gasteiger partial charge in [-0.3, -0.25) is 14.6 Å². The van der Waals surface area contributed by atoms with Gasteiger partial charge in [0.15, 0.2) is 11.2 Å². The number of fused-ring (bicyclic) bond motifs is 8. The highest BCUT2D eigenvalue weighted by Gasteiger charge is 2.41. The molecule has 6 heteroatoms. The standard InChI is InChI=1S/C76H76N4O2/c1-37-23-39(3)61(40(4)24-37)66-56-20-19-55(77-56)65-51-32-46(74(10,11)12)29-44-30-47(75(13,14)15)33-52(64(44)51)71(81)54-36-60(80-70(54)65)67(62-41(5)25-38(2)26-42(62)6)59-35-50-49-31-45(73(7,8)9)27-43-28-48(76(16,17)18)34-53(63(43)49)72(82)68(69(50)79-59)58-22-21-57(66)78-58/h19-36,58,68,77,79H,1-18H3/b65-55-,66-56+,67-60?. The Hall–Kier alpha value is -7.96. The number of aromatic amines is 2. The quantitative estimate of drug-likeness (QED) is 0.181. The van der Waals surface area contributed by atoms with E-state index in [1.807, 2.05) is 0 Å². The van der Waals surface area contributed by atoms with Gasteiger partial charge in [-0.25, -0.2) is 4.99 Å². The first-order valence-electron chi connectivity index (χ1n) is 29.4. The van der Waals surface area contributed by atoms with Crippen molar-refractivity contribution in [3.05, 3.63) is 229 Å². The Balaban J connectivity index is 1.31. The highest BCUT2D eigenvalue weighted by Crippen LogP contribution is 2.49. The van der Waals surface area contributed by atoms with E-state index in [1.165, 1.54) is 16.7 Å². The molecule has 2 N–H and O–H groups in total. The Kier molecular flexibility index (Phi) is 11.6. The van der Waals surface area contributed by atoms with Gasteiger partial charge in [0.25, 0.3) is 0 Å². The molecule has 0 radical (unpaired) electrons. The minimum atomic E-state index is -0.728. The van der Waals surface area contributed by atoms with Crippen LogP contribution < -0.4 is 21.4 Å². The smallest absolute Gasteiger partial charge is 0.195 e. The number of benzene rings is 6. The van der Waals surface area contributed by atoms with Crippen LogP contribution in [0, 0.1) is 52.1 Å². The SMILES string of the molecule is Cc1cc(C)c(C2=C3C=c4c(/c(c5cc(C(C)(C)C)cc6cc(C(C)(C)C)cc(c4=O)c65)=c4/cc/c([nH]4)=C(\c4c(C)cc(C)cc4C)C4=NC(C=C4)C4C(=O)c5cc(C(C)(C)C)cc6cc(C(C)(C)C)cc(c56)-c5cc2[nH]c54)=N3)c(C)c1. The number of Topliss-reactive ketones (excluding diaryl/α,β-unsaturated/α-hetero) is 1. The molecule has 1 aliphatic carbocycles. The summed E-state index contributed by atoms with van der Waals surface area (Å²) in [5.74, 6) is -0.696. The zero-order valence-corrected chi connectivity index (χ0v) is 51.3. The molecule has 8 bridgehead atoms. The molecular weight excluding hydrogens is 1000 g/mol. The molecule has 2 aromatic heterocycles. The monoisotopic (exact) mass is 1080 g/mol. The van der Waals surface area contributed by atoms with E-state index in [9.17, 15) is 0 Å². The van der Waals surface area contributed by atoms with Crippen molar-refractivity contribution in [1.29, 1.82) is 0 Å². The van der Waals surface area contributed by atoms with Crippen LogP contribution in [0.4, 0.5) is 0 Å². The van der Waals surface area contributed by atoms with E-state index in [4.69, 9.17) is 9.98 Å². The van der Waals surface area contributed by atoms with E-state index in [-0.39, 0.29) is 32.9 Å². The highest BCUT2D eigenvalue weighted by molar-refractivity contribution is 6.30. The molecule has 3 aliphatic heterocycles. The zero-order chi connectivity index (χ0) is 58.3. The number of nitrogens with zero attached hydrogens (tertiary/aromatic N) is 2. The maximum atomic E-state index is 16.5. The van der Waals surface area contributed by atoms with Gasteiger partial charge in [-0.1, -0.05) is 149 Å². The number of hydrogen-bond donors (Lipinski definition) is 2. The molecule has 2 atom stereocenters. The molecule has 82 heavy (non-hydrogen) atoms. The van der Waals surface area contributed by atoms with E-state index in [2.05, 4.69) is 244 Å². The van der Waals surface area contributed by atoms with Crippen LogP contribution in [0.25, 0.3) is 60.7 Å². The fraction of sp³-hybridized carbons (Fsp3) is 0.316. The lowest BCUT2D eigenvalue weighted by molar-refractivity contribution is 0.0955. The zero-order valence-electron chi connectivity index (χ0n) is 51.3. The lowest BCUT2D eigenvalue weighted by Gasteiger charge is -2.25. The molecule has 0 saturated heterocycles. The van der Waals surface area contributed by atoms with Gasteiger partial charge in [-0.2, -0.15) is 0 Å². The van der Waals surface area contributed by atoms with Crippen molar-refractivity contribution < 1.29 is 4.79 Å². The third kappa shape index (κ3) is 8.24. The number of H-pyrrole nitrogens is 2. The van der Waals surface area contributed by atoms with Crippen molar-refractivity contribution >= 4 is 61.0 Å². The Bertz CT molecular complexity index is 4830. The summed E-state index contributed by atoms with van der Waals surface area (Å²) in [6.07, 6.45) is 6.40. The molecule has 0 saturated carbocycles. The van der Waals surface area contributed by atoms with E-state index in [0.29, 0.717) is 21.7 Å². The van der Waals surface area contributed by atoms with Crippen LogP contribution in [0.1, 0.15) is 178 Å². The number of ketones is 1. The first kappa shape index (κ1) is 53.4. The van der Waals surface area contributed by atoms with Crippen LogP contribution in [0.15, 0.2) is 124 Å². The second-order valence-electron chi connectivity index (χ2n) is 28.7. The van der Waals surface area contributed by atoms with Crippen LogP contribution in [-0.2, 0) is 21.7 Å². The number of allylic oxidation sites excluding steroid dienone is 2. The summed E-state index contributed by atoms with van der Waals surface area (Å²) in [6.45, 7) is 40.0. The van der Waals surface area contributed by atoms with Gasteiger partial charge >= 0.3 is 0 Å². The second-order valence-corrected chi connectivity index (χ2v) is 28.7. The number of aryl methyl sites for hydroxylation is 6. The van der Waals surface area contributed by atoms with Crippen molar-refractivity contribution in [2.24, 2.45) is 9.98 Å². The molecule has 0 fully saturated rings. The van der Waals surface area contributed by atoms with Crippen molar-refractivity contribution in [3.63, 3.8) is 0 Å². The third-order valence-electron chi connectivity index (χ3n) is 18.3. The van der Waals surface area contributed by atoms with Gasteiger partial charge in [-0.15, -0.1) is 0 Å². The largest absolute Gasteiger partial charge is 0.357 e. The summed E-state index contributed by atoms with van der Waals surface area (Å²) in [5, 5.41) is 9.44. The maximum absolute atomic E-state index is 16.5. The Labute approximate surface area is 482 Å². The minimum absolute atomic E-state index is 0.0320. The number of aliphatic imine (C=N–C) groups is 1. The predicted molar refractivity (Wildman–Crippen MR) is 342 cm³/mol. The van der Waals surface area contributed by atoms with Crippen molar-refractivity contribution in [2.75, 3.05) is 0 Å². The summed E-state index contributed by atoms with van der Waals surface area (Å²) < 4.78 is 0. The minimum Gasteiger partial charge on any atom is -0.357 e. The molecule has 7 aromatic carbocycles. The van der Waals surface area contributed by atoms with Gasteiger partial charge < -0.3 is 9.97 Å². The summed E-state index contributed by atoms with van der Waals surface area (Å²) in [4.78, 5) is 52.6. The average Bonchev–Trinajstić information content (AvgIpc) is 1.96. The maximum Gasteiger partial charge on any atom is 0.195 e. The first-order valence-corrected chi connectivity index (χ1v) is 29.4. The highest BCUT2D eigenvalue weighted by atomic mass is 16.1. The number of hydrogen-bond acceptors (Lipinski definition) is 4. The summed E-state index contributed by atoms with van der Waals surface area (Å²) in [5.41, 5.74) is 20.3. The van der Waals surface area contributed by atoms with Crippen LogP contribution in [0.3, 0.4) is 0 Å². The molecule has 2 unspecified atom stereocenters. The lowest BCUT2D eigenvalue weighted by Crippen LogP contribution is -2.35. The normalized spacial score (nSPS) is 18.0. The fourth-order valence-corrected chi connectivity index (χ4v) is 14.1. The molecule has 4 aliphatic rings. The Morgan fingerprint density at radius 2 is 1.00 bits per heavy atom. The summed E-state index contributed by atoms with van der Waals surface area (Å²) in [6, 6.07) is 33.3. The number of aromatic nitrogens is 2. The van der Waals surface area contributed by atoms with E-state index in [1.54, 1.807) is 0 Å². The molecular formula is C76H76N4O2. The number of nitrogens with one attached hydrogen (secondary N) is 2. The first-order chi connectivity index (χ1) is 38.4. The number of carbonyl (C=O) groups excluding carboxylic acids is 1. The average molecular weight is 1080 g/mol. The molecule has 0 spiro atoms. The van der Waals surface area contributed by atoms with Gasteiger partial charge in [0, 0.05) is 65.7 Å². The topological polar surface area (TPSA) is 90.4 Å². The second kappa shape index (κ2) is 17.8. The van der Waals surface area contributed by atoms with E-state index < -0.39 is 12.0 Å². The van der Waals surface area contributed by atoms with Gasteiger partial charge in [0.2, 0.25) is 0 Å². The predicted octanol–water partition coefficient (Wildman–Crippen LogP) is 15.6. The third-order valence-corrected chi connectivity index (χ3v) is 18.3.